The lowest BCUT2D eigenvalue weighted by atomic mass is 10.1. The van der Waals surface area contributed by atoms with Gasteiger partial charge >= 0.3 is 0 Å². The van der Waals surface area contributed by atoms with Crippen molar-refractivity contribution in [3.05, 3.63) is 88.7 Å². The SMILES string of the molecule is CC(=NNC(=O)c1cccc(Cn2nc(C)cc2C)c1)c1ccccc1. The standard InChI is InChI=1S/C21H22N4O/c1-15-12-16(2)25(24-15)14-18-8-7-11-20(13-18)21(26)23-22-17(3)19-9-5-4-6-10-19/h4-13H,14H2,1-3H3,(H,23,26). The van der Waals surface area contributed by atoms with Gasteiger partial charge in [0.25, 0.3) is 5.91 Å². The second-order valence-electron chi connectivity index (χ2n) is 6.29. The number of carbonyl (C=O) groups excluding carboxylic acids is 1. The Morgan fingerprint density at radius 2 is 1.77 bits per heavy atom. The molecule has 5 heteroatoms. The van der Waals surface area contributed by atoms with Crippen LogP contribution in [0, 0.1) is 13.8 Å². The molecule has 0 saturated carbocycles. The number of carbonyl (C=O) groups is 1. The van der Waals surface area contributed by atoms with Gasteiger partial charge in [0.1, 0.15) is 0 Å². The Bertz CT molecular complexity index is 942. The molecule has 1 aromatic heterocycles. The predicted molar refractivity (Wildman–Crippen MR) is 103 cm³/mol. The van der Waals surface area contributed by atoms with Crippen molar-refractivity contribution in [2.24, 2.45) is 5.10 Å². The van der Waals surface area contributed by atoms with Crippen molar-refractivity contribution in [2.45, 2.75) is 27.3 Å². The van der Waals surface area contributed by atoms with Gasteiger partial charge in [-0.2, -0.15) is 10.2 Å². The molecule has 0 atom stereocenters. The summed E-state index contributed by atoms with van der Waals surface area (Å²) in [5, 5.41) is 8.67. The number of hydrogen-bond acceptors (Lipinski definition) is 3. The number of nitrogens with one attached hydrogen (secondary N) is 1. The lowest BCUT2D eigenvalue weighted by Crippen LogP contribution is -2.19. The van der Waals surface area contributed by atoms with E-state index in [1.54, 1.807) is 6.07 Å². The van der Waals surface area contributed by atoms with Crippen molar-refractivity contribution >= 4 is 11.6 Å². The Morgan fingerprint density at radius 3 is 2.46 bits per heavy atom. The summed E-state index contributed by atoms with van der Waals surface area (Å²) in [4.78, 5) is 12.4. The molecule has 0 saturated heterocycles. The third-order valence-corrected chi connectivity index (χ3v) is 4.14. The smallest absolute Gasteiger partial charge is 0.267 e. The summed E-state index contributed by atoms with van der Waals surface area (Å²) in [5.74, 6) is -0.226. The van der Waals surface area contributed by atoms with Gasteiger partial charge in [-0.1, -0.05) is 42.5 Å². The largest absolute Gasteiger partial charge is 0.271 e. The minimum atomic E-state index is -0.226. The molecule has 0 aliphatic carbocycles. The zero-order valence-electron chi connectivity index (χ0n) is 15.2. The van der Waals surface area contributed by atoms with Gasteiger partial charge in [-0.15, -0.1) is 0 Å². The van der Waals surface area contributed by atoms with Gasteiger partial charge in [0, 0.05) is 11.3 Å². The maximum atomic E-state index is 12.4. The highest BCUT2D eigenvalue weighted by atomic mass is 16.2. The van der Waals surface area contributed by atoms with Crippen LogP contribution >= 0.6 is 0 Å². The van der Waals surface area contributed by atoms with Gasteiger partial charge in [-0.25, -0.2) is 5.43 Å². The van der Waals surface area contributed by atoms with E-state index in [1.807, 2.05) is 80.1 Å². The molecule has 0 bridgehead atoms. The molecular formula is C21H22N4O. The summed E-state index contributed by atoms with van der Waals surface area (Å²) in [5.41, 5.74) is 8.05. The number of hydrazone groups is 1. The van der Waals surface area contributed by atoms with Crippen molar-refractivity contribution in [3.63, 3.8) is 0 Å². The first kappa shape index (κ1) is 17.6. The number of aromatic nitrogens is 2. The molecule has 1 heterocycles. The van der Waals surface area contributed by atoms with Crippen molar-refractivity contribution in [1.29, 1.82) is 0 Å². The topological polar surface area (TPSA) is 59.3 Å². The molecule has 0 aliphatic rings. The highest BCUT2D eigenvalue weighted by molar-refractivity contribution is 6.00. The first-order valence-electron chi connectivity index (χ1n) is 8.53. The maximum Gasteiger partial charge on any atom is 0.271 e. The van der Waals surface area contributed by atoms with Crippen LogP contribution in [0.25, 0.3) is 0 Å². The minimum Gasteiger partial charge on any atom is -0.267 e. The summed E-state index contributed by atoms with van der Waals surface area (Å²) in [6, 6.07) is 19.3. The molecule has 3 aromatic rings. The number of nitrogens with zero attached hydrogens (tertiary/aromatic N) is 3. The van der Waals surface area contributed by atoms with Crippen LogP contribution in [0.4, 0.5) is 0 Å². The van der Waals surface area contributed by atoms with E-state index in [2.05, 4.69) is 15.6 Å². The molecule has 2 aromatic carbocycles. The first-order valence-corrected chi connectivity index (χ1v) is 8.53. The van der Waals surface area contributed by atoms with Crippen molar-refractivity contribution in [3.8, 4) is 0 Å². The Hall–Kier alpha value is -3.21. The van der Waals surface area contributed by atoms with E-state index in [1.165, 1.54) is 0 Å². The molecule has 3 rings (SSSR count). The van der Waals surface area contributed by atoms with Crippen LogP contribution in [0.15, 0.2) is 65.8 Å². The second kappa shape index (κ2) is 7.78. The molecular weight excluding hydrogens is 324 g/mol. The zero-order valence-corrected chi connectivity index (χ0v) is 15.2. The summed E-state index contributed by atoms with van der Waals surface area (Å²) >= 11 is 0. The van der Waals surface area contributed by atoms with Crippen LogP contribution in [0.2, 0.25) is 0 Å². The van der Waals surface area contributed by atoms with Gasteiger partial charge < -0.3 is 0 Å². The van der Waals surface area contributed by atoms with Crippen molar-refractivity contribution < 1.29 is 4.79 Å². The fourth-order valence-electron chi connectivity index (χ4n) is 2.76. The van der Waals surface area contributed by atoms with E-state index < -0.39 is 0 Å². The molecule has 0 aliphatic heterocycles. The normalized spacial score (nSPS) is 11.4. The molecule has 1 N–H and O–H groups in total. The van der Waals surface area contributed by atoms with E-state index in [4.69, 9.17) is 0 Å². The van der Waals surface area contributed by atoms with Crippen LogP contribution in [0.3, 0.4) is 0 Å². The van der Waals surface area contributed by atoms with Crippen LogP contribution in [0.5, 0.6) is 0 Å². The molecule has 0 radical (unpaired) electrons. The number of rotatable bonds is 5. The van der Waals surface area contributed by atoms with Gasteiger partial charge in [-0.05, 0) is 50.1 Å². The average Bonchev–Trinajstić information content (AvgIpc) is 2.97. The summed E-state index contributed by atoms with van der Waals surface area (Å²) < 4.78 is 1.93. The van der Waals surface area contributed by atoms with E-state index in [-0.39, 0.29) is 5.91 Å². The number of amides is 1. The molecule has 0 spiro atoms. The number of aryl methyl sites for hydroxylation is 2. The third-order valence-electron chi connectivity index (χ3n) is 4.14. The van der Waals surface area contributed by atoms with Crippen LogP contribution in [-0.2, 0) is 6.54 Å². The lowest BCUT2D eigenvalue weighted by Gasteiger charge is -2.07. The summed E-state index contributed by atoms with van der Waals surface area (Å²) in [6.07, 6.45) is 0. The Labute approximate surface area is 153 Å². The molecule has 0 fully saturated rings. The van der Waals surface area contributed by atoms with Gasteiger partial charge in [0.05, 0.1) is 18.0 Å². The number of hydrogen-bond donors (Lipinski definition) is 1. The predicted octanol–water partition coefficient (Wildman–Crippen LogP) is 3.70. The van der Waals surface area contributed by atoms with Gasteiger partial charge in [-0.3, -0.25) is 9.48 Å². The molecule has 26 heavy (non-hydrogen) atoms. The molecule has 1 amide bonds. The minimum absolute atomic E-state index is 0.226. The molecule has 5 nitrogen and oxygen atoms in total. The maximum absolute atomic E-state index is 12.4. The average molecular weight is 346 g/mol. The molecule has 132 valence electrons. The van der Waals surface area contributed by atoms with E-state index in [0.717, 1.165) is 28.2 Å². The van der Waals surface area contributed by atoms with Crippen molar-refractivity contribution in [2.75, 3.05) is 0 Å². The highest BCUT2D eigenvalue weighted by Gasteiger charge is 2.08. The lowest BCUT2D eigenvalue weighted by molar-refractivity contribution is 0.0954. The fraction of sp³-hybridized carbons (Fsp3) is 0.190. The second-order valence-corrected chi connectivity index (χ2v) is 6.29. The van der Waals surface area contributed by atoms with Crippen LogP contribution in [-0.4, -0.2) is 21.4 Å². The Morgan fingerprint density at radius 1 is 1.04 bits per heavy atom. The third kappa shape index (κ3) is 4.25. The Balaban J connectivity index is 1.71. The summed E-state index contributed by atoms with van der Waals surface area (Å²) in [6.45, 7) is 6.50. The van der Waals surface area contributed by atoms with Crippen molar-refractivity contribution in [1.82, 2.24) is 15.2 Å². The number of benzene rings is 2. The zero-order chi connectivity index (χ0) is 18.5. The fourth-order valence-corrected chi connectivity index (χ4v) is 2.76. The molecule has 0 unspecified atom stereocenters. The van der Waals surface area contributed by atoms with Gasteiger partial charge in [0.2, 0.25) is 0 Å². The monoisotopic (exact) mass is 346 g/mol. The van der Waals surface area contributed by atoms with E-state index in [9.17, 15) is 4.79 Å². The highest BCUT2D eigenvalue weighted by Crippen LogP contribution is 2.10. The summed E-state index contributed by atoms with van der Waals surface area (Å²) in [7, 11) is 0. The van der Waals surface area contributed by atoms with Crippen LogP contribution < -0.4 is 5.43 Å². The van der Waals surface area contributed by atoms with Crippen LogP contribution in [0.1, 0.15) is 39.8 Å². The van der Waals surface area contributed by atoms with E-state index in [0.29, 0.717) is 12.1 Å². The Kier molecular flexibility index (Phi) is 5.27. The quantitative estimate of drug-likeness (QED) is 0.566. The first-order chi connectivity index (χ1) is 12.5. The van der Waals surface area contributed by atoms with Gasteiger partial charge in [0.15, 0.2) is 0 Å². The van der Waals surface area contributed by atoms with E-state index >= 15 is 0 Å².